The molecule has 3 aromatic rings. The van der Waals surface area contributed by atoms with E-state index in [-0.39, 0.29) is 0 Å². The molecule has 0 saturated carbocycles. The molecule has 0 aliphatic heterocycles. The van der Waals surface area contributed by atoms with Gasteiger partial charge in [0.2, 0.25) is 0 Å². The summed E-state index contributed by atoms with van der Waals surface area (Å²) in [5, 5.41) is 2.71. The Morgan fingerprint density at radius 1 is 0.880 bits per heavy atom. The Balaban J connectivity index is 0.000000257. The summed E-state index contributed by atoms with van der Waals surface area (Å²) in [5.74, 6) is 0.727. The summed E-state index contributed by atoms with van der Waals surface area (Å²) in [6.45, 7) is 6.76. The molecule has 1 heterocycles. The number of rotatable bonds is 2. The van der Waals surface area contributed by atoms with E-state index in [1.807, 2.05) is 18.2 Å². The number of hydrogen-bond acceptors (Lipinski definition) is 0. The third-order valence-corrected chi connectivity index (χ3v) is 3.37. The van der Waals surface area contributed by atoms with Crippen molar-refractivity contribution in [2.75, 3.05) is 0 Å². The molecule has 0 bridgehead atoms. The van der Waals surface area contributed by atoms with Gasteiger partial charge in [0.15, 0.2) is 0 Å². The summed E-state index contributed by atoms with van der Waals surface area (Å²) in [6.07, 6.45) is 4.43. The van der Waals surface area contributed by atoms with Crippen LogP contribution in [0.4, 0.5) is 0 Å². The minimum Gasteiger partial charge on any atom is -0.224 e. The van der Waals surface area contributed by atoms with Crippen LogP contribution in [0.5, 0.6) is 0 Å². The average molecular weight is 451 g/mol. The summed E-state index contributed by atoms with van der Waals surface area (Å²) in [5.41, 5.74) is 2.91. The smallest absolute Gasteiger partial charge is 0.224 e. The summed E-state index contributed by atoms with van der Waals surface area (Å²) in [4.78, 5) is 0. The molecule has 132 valence electrons. The van der Waals surface area contributed by atoms with Crippen molar-refractivity contribution in [2.45, 2.75) is 27.2 Å². The van der Waals surface area contributed by atoms with Crippen molar-refractivity contribution in [2.24, 2.45) is 5.92 Å². The maximum absolute atomic E-state index is 5.01. The molecule has 0 fully saturated rings. The number of fused-ring (bicyclic) bond motifs is 1. The second kappa shape index (κ2) is 12.7. The molecule has 0 N–H and O–H groups in total. The molecule has 0 spiro atoms. The first kappa shape index (κ1) is 22.4. The molecule has 0 aliphatic carbocycles. The van der Waals surface area contributed by atoms with Gasteiger partial charge in [-0.25, -0.2) is 4.42 Å². The SMILES string of the molecule is Cc1cc2ccccc2cc1CC(C)C.[Cl][Zn-]([Cl])[Cl].c1cc[o+]cc1. The van der Waals surface area contributed by atoms with Crippen molar-refractivity contribution < 1.29 is 17.4 Å². The van der Waals surface area contributed by atoms with Crippen LogP contribution in [0, 0.1) is 12.8 Å². The van der Waals surface area contributed by atoms with Crippen LogP contribution in [0.1, 0.15) is 25.0 Å². The zero-order valence-corrected chi connectivity index (χ0v) is 20.1. The van der Waals surface area contributed by atoms with Gasteiger partial charge in [0, 0.05) is 12.1 Å². The second-order valence-electron chi connectivity index (χ2n) is 6.01. The van der Waals surface area contributed by atoms with Crippen molar-refractivity contribution in [1.82, 2.24) is 0 Å². The molecule has 0 aliphatic rings. The predicted molar refractivity (Wildman–Crippen MR) is 108 cm³/mol. The van der Waals surface area contributed by atoms with E-state index in [0.717, 1.165) is 5.92 Å². The first-order chi connectivity index (χ1) is 11.9. The van der Waals surface area contributed by atoms with E-state index in [9.17, 15) is 0 Å². The monoisotopic (exact) mass is 448 g/mol. The fraction of sp³-hybridized carbons (Fsp3) is 0.250. The molecule has 1 aromatic heterocycles. The van der Waals surface area contributed by atoms with Gasteiger partial charge in [-0.1, -0.05) is 50.2 Å². The van der Waals surface area contributed by atoms with Crippen LogP contribution >= 0.6 is 29.1 Å². The van der Waals surface area contributed by atoms with Crippen molar-refractivity contribution in [3.8, 4) is 0 Å². The van der Waals surface area contributed by atoms with Gasteiger partial charge in [0.1, 0.15) is 0 Å². The van der Waals surface area contributed by atoms with Gasteiger partial charge < -0.3 is 0 Å². The summed E-state index contributed by atoms with van der Waals surface area (Å²) in [6, 6.07) is 18.8. The van der Waals surface area contributed by atoms with Gasteiger partial charge in [-0.05, 0) is 47.2 Å². The Morgan fingerprint density at radius 3 is 1.80 bits per heavy atom. The van der Waals surface area contributed by atoms with E-state index in [0.29, 0.717) is 0 Å². The van der Waals surface area contributed by atoms with Crippen molar-refractivity contribution in [1.29, 1.82) is 0 Å². The fourth-order valence-electron chi connectivity index (χ4n) is 2.35. The van der Waals surface area contributed by atoms with Crippen LogP contribution in [-0.4, -0.2) is 0 Å². The average Bonchev–Trinajstić information content (AvgIpc) is 2.57. The molecule has 0 radical (unpaired) electrons. The van der Waals surface area contributed by atoms with E-state index in [1.54, 1.807) is 12.5 Å². The quantitative estimate of drug-likeness (QED) is 0.284. The zero-order valence-electron chi connectivity index (χ0n) is 14.9. The Labute approximate surface area is 168 Å². The molecule has 1 nitrogen and oxygen atoms in total. The second-order valence-corrected chi connectivity index (χ2v) is 19.9. The van der Waals surface area contributed by atoms with Gasteiger partial charge in [-0.15, -0.1) is 0 Å². The normalized spacial score (nSPS) is 9.72. The Kier molecular flexibility index (Phi) is 11.3. The maximum atomic E-state index is 5.01. The molecular weight excluding hydrogens is 428 g/mol. The Bertz CT molecular complexity index is 704. The van der Waals surface area contributed by atoms with E-state index in [2.05, 4.69) is 61.6 Å². The predicted octanol–water partition coefficient (Wildman–Crippen LogP) is 7.97. The molecule has 25 heavy (non-hydrogen) atoms. The zero-order chi connectivity index (χ0) is 18.7. The minimum atomic E-state index is -2.21. The van der Waals surface area contributed by atoms with Crippen LogP contribution in [0.2, 0.25) is 0 Å². The Morgan fingerprint density at radius 2 is 1.40 bits per heavy atom. The van der Waals surface area contributed by atoms with E-state index < -0.39 is 13.0 Å². The van der Waals surface area contributed by atoms with Gasteiger partial charge in [-0.3, -0.25) is 0 Å². The van der Waals surface area contributed by atoms with Gasteiger partial charge >= 0.3 is 54.6 Å². The molecule has 3 rings (SSSR count). The maximum Gasteiger partial charge on any atom is 0.317 e. The van der Waals surface area contributed by atoms with Gasteiger partial charge in [0.05, 0.1) is 0 Å². The van der Waals surface area contributed by atoms with Crippen LogP contribution < -0.4 is 0 Å². The molecule has 0 unspecified atom stereocenters. The fourth-order valence-corrected chi connectivity index (χ4v) is 2.35. The largest absolute Gasteiger partial charge is 0.317 e. The molecule has 2 aromatic carbocycles. The molecule has 0 saturated heterocycles. The molecule has 0 amide bonds. The molecule has 0 atom stereocenters. The standard InChI is InChI=1S/C15H18.C5H5O.3ClH.Zn/c1-11(2)8-15-10-14-7-5-4-6-13(14)9-12(15)3;1-2-4-6-5-3-1;;;;/h4-7,9-11H,8H2,1-3H3;1-5H;3*1H;/q;+1;;;;+2/p-3. The third-order valence-electron chi connectivity index (χ3n) is 3.37. The summed E-state index contributed by atoms with van der Waals surface area (Å²) in [7, 11) is 15.0. The minimum absolute atomic E-state index is 0.727. The number of halogens is 3. The van der Waals surface area contributed by atoms with Crippen molar-refractivity contribution >= 4 is 39.8 Å². The van der Waals surface area contributed by atoms with Gasteiger partial charge in [-0.2, -0.15) is 0 Å². The van der Waals surface area contributed by atoms with Crippen LogP contribution in [0.25, 0.3) is 10.8 Å². The first-order valence-electron chi connectivity index (χ1n) is 8.26. The van der Waals surface area contributed by atoms with Crippen LogP contribution in [0.15, 0.2) is 71.5 Å². The number of aryl methyl sites for hydroxylation is 1. The molecular formula is C20H23Cl3OZn. The van der Waals surface area contributed by atoms with Gasteiger partial charge in [0.25, 0.3) is 0 Å². The Hall–Kier alpha value is -0.657. The first-order valence-corrected chi connectivity index (χ1v) is 20.0. The summed E-state index contributed by atoms with van der Waals surface area (Å²) >= 11 is -2.21. The van der Waals surface area contributed by atoms with Crippen molar-refractivity contribution in [3.05, 3.63) is 78.3 Å². The third kappa shape index (κ3) is 10.2. The van der Waals surface area contributed by atoms with Crippen LogP contribution in [-0.2, 0) is 19.4 Å². The van der Waals surface area contributed by atoms with Crippen molar-refractivity contribution in [3.63, 3.8) is 0 Å². The summed E-state index contributed by atoms with van der Waals surface area (Å²) < 4.78 is 4.68. The number of benzene rings is 2. The van der Waals surface area contributed by atoms with E-state index in [1.165, 1.54) is 28.3 Å². The van der Waals surface area contributed by atoms with E-state index in [4.69, 9.17) is 29.1 Å². The number of hydrogen-bond donors (Lipinski definition) is 0. The van der Waals surface area contributed by atoms with Crippen LogP contribution in [0.3, 0.4) is 0 Å². The molecule has 5 heteroatoms. The van der Waals surface area contributed by atoms with E-state index >= 15 is 0 Å². The topological polar surface area (TPSA) is 11.3 Å².